The van der Waals surface area contributed by atoms with Gasteiger partial charge in [-0.3, -0.25) is 14.2 Å². The van der Waals surface area contributed by atoms with Crippen molar-refractivity contribution >= 4 is 40.7 Å². The summed E-state index contributed by atoms with van der Waals surface area (Å²) in [5.74, 6) is 0.499. The van der Waals surface area contributed by atoms with E-state index in [0.29, 0.717) is 73.4 Å². The van der Waals surface area contributed by atoms with E-state index >= 15 is 0 Å². The highest BCUT2D eigenvalue weighted by Gasteiger charge is 2.29. The third kappa shape index (κ3) is 7.44. The van der Waals surface area contributed by atoms with Crippen LogP contribution in [0.25, 0.3) is 39.0 Å². The van der Waals surface area contributed by atoms with Gasteiger partial charge in [0.15, 0.2) is 5.82 Å². The van der Waals surface area contributed by atoms with Crippen molar-refractivity contribution in [3.8, 4) is 39.4 Å². The first-order chi connectivity index (χ1) is 24.3. The fourth-order valence-electron chi connectivity index (χ4n) is 6.09. The van der Waals surface area contributed by atoms with Gasteiger partial charge in [-0.1, -0.05) is 59.6 Å². The molecule has 51 heavy (non-hydrogen) atoms. The predicted molar refractivity (Wildman–Crippen MR) is 195 cm³/mol. The number of aliphatic hydroxyl groups is 1. The molecule has 0 bridgehead atoms. The summed E-state index contributed by atoms with van der Waals surface area (Å²) in [5, 5.41) is 17.8. The van der Waals surface area contributed by atoms with Crippen LogP contribution in [0, 0.1) is 0 Å². The summed E-state index contributed by atoms with van der Waals surface area (Å²) in [5.41, 5.74) is 3.85. The zero-order valence-electron chi connectivity index (χ0n) is 28.9. The molecule has 5 aromatic rings. The number of rotatable bonds is 9. The van der Waals surface area contributed by atoms with E-state index in [9.17, 15) is 19.5 Å². The number of aromatic nitrogens is 4. The Morgan fingerprint density at radius 2 is 1.71 bits per heavy atom. The van der Waals surface area contributed by atoms with Crippen molar-refractivity contribution in [2.24, 2.45) is 7.05 Å². The quantitative estimate of drug-likeness (QED) is 0.181. The molecular formula is C37H38Cl2N6O6. The molecule has 2 aromatic carbocycles. The molecule has 0 spiro atoms. The van der Waals surface area contributed by atoms with E-state index < -0.39 is 11.7 Å². The van der Waals surface area contributed by atoms with Crippen LogP contribution in [0.4, 0.5) is 4.79 Å². The highest BCUT2D eigenvalue weighted by atomic mass is 35.5. The van der Waals surface area contributed by atoms with Gasteiger partial charge in [-0.05, 0) is 45.4 Å². The summed E-state index contributed by atoms with van der Waals surface area (Å²) in [7, 11) is 3.07. The number of halogens is 2. The van der Waals surface area contributed by atoms with Gasteiger partial charge < -0.3 is 24.8 Å². The lowest BCUT2D eigenvalue weighted by Crippen LogP contribution is -2.43. The van der Waals surface area contributed by atoms with Gasteiger partial charge >= 0.3 is 6.09 Å². The molecule has 2 amide bonds. The number of carbonyl (C=O) groups is 2. The molecular weight excluding hydrogens is 695 g/mol. The summed E-state index contributed by atoms with van der Waals surface area (Å²) in [4.78, 5) is 44.4. The van der Waals surface area contributed by atoms with Crippen molar-refractivity contribution in [3.05, 3.63) is 92.6 Å². The number of amides is 2. The van der Waals surface area contributed by atoms with Gasteiger partial charge in [0.25, 0.3) is 5.56 Å². The lowest BCUT2D eigenvalue weighted by molar-refractivity contribution is -0.119. The van der Waals surface area contributed by atoms with Gasteiger partial charge in [-0.2, -0.15) is 5.10 Å². The SMILES string of the molecule is COc1nc(-c2cccc(-c3cccc(-c4cc5c(=O)n(C)c(CO)nn5c4)c3Cl)c2Cl)ccc1CN(C[C@@H]1CCC(=O)N1)C(=O)OC(C)(C)C. The fourth-order valence-corrected chi connectivity index (χ4v) is 6.75. The number of benzene rings is 2. The first kappa shape index (κ1) is 35.9. The molecule has 14 heteroatoms. The van der Waals surface area contributed by atoms with E-state index in [1.54, 1.807) is 45.0 Å². The Hall–Kier alpha value is -4.91. The third-order valence-electron chi connectivity index (χ3n) is 8.62. The van der Waals surface area contributed by atoms with Gasteiger partial charge in [0.05, 0.1) is 29.4 Å². The number of pyridine rings is 1. The van der Waals surface area contributed by atoms with E-state index in [2.05, 4.69) is 10.4 Å². The molecule has 3 aromatic heterocycles. The molecule has 1 fully saturated rings. The molecule has 1 aliphatic heterocycles. The Kier molecular flexibility index (Phi) is 10.1. The summed E-state index contributed by atoms with van der Waals surface area (Å²) in [6.45, 7) is 5.44. The van der Waals surface area contributed by atoms with Crippen molar-refractivity contribution in [2.45, 2.75) is 58.4 Å². The maximum atomic E-state index is 13.3. The van der Waals surface area contributed by atoms with E-state index in [1.165, 1.54) is 16.2 Å². The second-order valence-corrected chi connectivity index (χ2v) is 14.1. The number of hydrogen-bond acceptors (Lipinski definition) is 8. The van der Waals surface area contributed by atoms with Crippen LogP contribution in [0.5, 0.6) is 5.88 Å². The van der Waals surface area contributed by atoms with Crippen LogP contribution in [-0.4, -0.2) is 66.5 Å². The zero-order chi connectivity index (χ0) is 36.6. The van der Waals surface area contributed by atoms with Crippen LogP contribution in [0.2, 0.25) is 10.0 Å². The third-order valence-corrected chi connectivity index (χ3v) is 9.44. The van der Waals surface area contributed by atoms with Crippen LogP contribution in [-0.2, 0) is 29.7 Å². The number of nitrogens with zero attached hydrogens (tertiary/aromatic N) is 5. The van der Waals surface area contributed by atoms with Gasteiger partial charge in [0, 0.05) is 65.6 Å². The van der Waals surface area contributed by atoms with E-state index in [1.807, 2.05) is 48.5 Å². The number of methoxy groups -OCH3 is 1. The summed E-state index contributed by atoms with van der Waals surface area (Å²) >= 11 is 14.1. The van der Waals surface area contributed by atoms with Crippen LogP contribution in [0.1, 0.15) is 45.0 Å². The van der Waals surface area contributed by atoms with E-state index in [0.717, 1.165) is 0 Å². The topological polar surface area (TPSA) is 140 Å². The Labute approximate surface area is 304 Å². The Morgan fingerprint density at radius 3 is 2.33 bits per heavy atom. The lowest BCUT2D eigenvalue weighted by atomic mass is 9.97. The average molecular weight is 734 g/mol. The molecule has 0 radical (unpaired) electrons. The molecule has 4 heterocycles. The Balaban J connectivity index is 1.32. The normalized spacial score (nSPS) is 14.5. The lowest BCUT2D eigenvalue weighted by Gasteiger charge is -2.29. The number of hydrogen-bond donors (Lipinski definition) is 2. The predicted octanol–water partition coefficient (Wildman–Crippen LogP) is 6.25. The minimum Gasteiger partial charge on any atom is -0.481 e. The first-order valence-electron chi connectivity index (χ1n) is 16.4. The largest absolute Gasteiger partial charge is 0.481 e. The van der Waals surface area contributed by atoms with Gasteiger partial charge in [0.2, 0.25) is 11.8 Å². The van der Waals surface area contributed by atoms with Crippen molar-refractivity contribution < 1.29 is 24.2 Å². The number of fused-ring (bicyclic) bond motifs is 1. The van der Waals surface area contributed by atoms with Crippen molar-refractivity contribution in [2.75, 3.05) is 13.7 Å². The van der Waals surface area contributed by atoms with E-state index in [4.69, 9.17) is 37.7 Å². The van der Waals surface area contributed by atoms with Crippen LogP contribution in [0.15, 0.2) is 65.6 Å². The van der Waals surface area contributed by atoms with Crippen molar-refractivity contribution in [1.29, 1.82) is 0 Å². The van der Waals surface area contributed by atoms with Crippen molar-refractivity contribution in [3.63, 3.8) is 0 Å². The summed E-state index contributed by atoms with van der Waals surface area (Å²) < 4.78 is 14.1. The number of nitrogens with one attached hydrogen (secondary N) is 1. The highest BCUT2D eigenvalue weighted by molar-refractivity contribution is 6.39. The Bertz CT molecular complexity index is 2210. The van der Waals surface area contributed by atoms with Crippen LogP contribution < -0.4 is 15.6 Å². The second-order valence-electron chi connectivity index (χ2n) is 13.4. The van der Waals surface area contributed by atoms with Gasteiger partial charge in [-0.25, -0.2) is 14.3 Å². The van der Waals surface area contributed by atoms with Crippen LogP contribution in [0.3, 0.4) is 0 Å². The van der Waals surface area contributed by atoms with Crippen molar-refractivity contribution in [1.82, 2.24) is 29.4 Å². The molecule has 1 aliphatic rings. The number of carbonyl (C=O) groups excluding carboxylic acids is 2. The molecule has 1 atom stereocenters. The maximum Gasteiger partial charge on any atom is 0.410 e. The number of aliphatic hydroxyl groups excluding tert-OH is 1. The molecule has 0 unspecified atom stereocenters. The summed E-state index contributed by atoms with van der Waals surface area (Å²) in [6, 6.07) is 16.3. The molecule has 266 valence electrons. The molecule has 12 nitrogen and oxygen atoms in total. The molecule has 0 aliphatic carbocycles. The first-order valence-corrected chi connectivity index (χ1v) is 17.1. The van der Waals surface area contributed by atoms with E-state index in [-0.39, 0.29) is 43.0 Å². The Morgan fingerprint density at radius 1 is 1.04 bits per heavy atom. The smallest absolute Gasteiger partial charge is 0.410 e. The highest BCUT2D eigenvalue weighted by Crippen LogP contribution is 2.42. The zero-order valence-corrected chi connectivity index (χ0v) is 30.4. The number of ether oxygens (including phenoxy) is 2. The molecule has 2 N–H and O–H groups in total. The molecule has 0 saturated carbocycles. The fraction of sp³-hybridized carbons (Fsp3) is 0.324. The summed E-state index contributed by atoms with van der Waals surface area (Å²) in [6.07, 6.45) is 2.23. The van der Waals surface area contributed by atoms with Gasteiger partial charge in [-0.15, -0.1) is 0 Å². The molecule has 6 rings (SSSR count). The second kappa shape index (κ2) is 14.4. The minimum absolute atomic E-state index is 0.0415. The van der Waals surface area contributed by atoms with Crippen LogP contribution >= 0.6 is 23.2 Å². The monoisotopic (exact) mass is 732 g/mol. The van der Waals surface area contributed by atoms with Gasteiger partial charge in [0.1, 0.15) is 17.7 Å². The average Bonchev–Trinajstić information content (AvgIpc) is 3.71. The molecule has 1 saturated heterocycles. The standard InChI is InChI=1S/C37H38Cl2N6O6/c1-37(2,3)51-36(49)44(19-23-13-15-31(47)40-23)17-21-12-14-28(41-34(21)50-5)27-11-7-10-26(33(27)39)25-9-6-8-24(32(25)38)22-16-29-35(48)43(4)30(20-46)42-45(29)18-22/h6-12,14,16,18,23,46H,13,15,17,19-20H2,1-5H3,(H,40,47)/t23-/m0/s1. The minimum atomic E-state index is -0.707. The maximum absolute atomic E-state index is 13.3.